The molecule has 9 nitrogen and oxygen atoms in total. The summed E-state index contributed by atoms with van der Waals surface area (Å²) in [5.74, 6) is 1.27. The fraction of sp³-hybridized carbons (Fsp3) is 0.381. The molecule has 0 spiro atoms. The quantitative estimate of drug-likeness (QED) is 0.544. The van der Waals surface area contributed by atoms with Gasteiger partial charge in [-0.05, 0) is 41.9 Å². The van der Waals surface area contributed by atoms with Crippen molar-refractivity contribution < 1.29 is 14.3 Å². The number of aliphatic carboxylic acids is 1. The summed E-state index contributed by atoms with van der Waals surface area (Å²) in [5, 5.41) is 21.1. The zero-order valence-corrected chi connectivity index (χ0v) is 17.4. The Morgan fingerprint density at radius 1 is 1.16 bits per heavy atom. The largest absolute Gasteiger partial charge is 0.481 e. The van der Waals surface area contributed by atoms with Gasteiger partial charge < -0.3 is 19.7 Å². The minimum absolute atomic E-state index is 0.246. The van der Waals surface area contributed by atoms with E-state index >= 15 is 0 Å². The van der Waals surface area contributed by atoms with E-state index in [0.717, 1.165) is 24.5 Å². The summed E-state index contributed by atoms with van der Waals surface area (Å²) in [7, 11) is 0. The van der Waals surface area contributed by atoms with Crippen LogP contribution in [0.4, 0.5) is 12.0 Å². The van der Waals surface area contributed by atoms with Crippen molar-refractivity contribution >= 4 is 29.5 Å². The average Bonchev–Trinajstić information content (AvgIpc) is 3.16. The molecule has 31 heavy (non-hydrogen) atoms. The van der Waals surface area contributed by atoms with Crippen LogP contribution >= 0.6 is 11.6 Å². The van der Waals surface area contributed by atoms with E-state index in [-0.39, 0.29) is 12.3 Å². The molecule has 0 bridgehead atoms. The van der Waals surface area contributed by atoms with Gasteiger partial charge in [-0.2, -0.15) is 0 Å². The average molecular weight is 441 g/mol. The molecule has 2 fully saturated rings. The highest BCUT2D eigenvalue weighted by Crippen LogP contribution is 2.54. The monoisotopic (exact) mass is 440 g/mol. The Balaban J connectivity index is 1.14. The van der Waals surface area contributed by atoms with Crippen LogP contribution in [0.2, 0.25) is 5.02 Å². The van der Waals surface area contributed by atoms with Crippen molar-refractivity contribution in [1.82, 2.24) is 20.2 Å². The van der Waals surface area contributed by atoms with Gasteiger partial charge in [0.2, 0.25) is 5.95 Å². The number of fused-ring (bicyclic) bond motifs is 1. The Hall–Kier alpha value is -3.20. The second kappa shape index (κ2) is 8.14. The summed E-state index contributed by atoms with van der Waals surface area (Å²) in [6.45, 7) is 2.22. The molecule has 2 aromatic heterocycles. The second-order valence-corrected chi connectivity index (χ2v) is 8.42. The Bertz CT molecular complexity index is 1060. The maximum absolute atomic E-state index is 10.9. The molecule has 3 aromatic rings. The highest BCUT2D eigenvalue weighted by molar-refractivity contribution is 6.30. The molecule has 2 atom stereocenters. The van der Waals surface area contributed by atoms with Crippen LogP contribution in [-0.2, 0) is 11.2 Å². The van der Waals surface area contributed by atoms with E-state index in [1.54, 1.807) is 12.4 Å². The van der Waals surface area contributed by atoms with Gasteiger partial charge in [0.1, 0.15) is 0 Å². The Labute approximate surface area is 183 Å². The van der Waals surface area contributed by atoms with Gasteiger partial charge >= 0.3 is 12.0 Å². The zero-order valence-electron chi connectivity index (χ0n) is 16.6. The standard InChI is InChI=1S/C21H21ClN6O3/c22-14-3-1-12(2-4-14)5-6-23-20-24-8-13(9-25-20)19-26-27-21(31-19)28-10-16-15(7-18(29)30)17(16)11-28/h1-4,8-9,15-17H,5-7,10-11H2,(H,29,30)(H,23,24,25). The molecule has 1 saturated carbocycles. The molecule has 2 unspecified atom stereocenters. The molecule has 3 heterocycles. The number of benzene rings is 1. The Morgan fingerprint density at radius 2 is 1.87 bits per heavy atom. The zero-order chi connectivity index (χ0) is 21.4. The van der Waals surface area contributed by atoms with Gasteiger partial charge in [0.25, 0.3) is 5.89 Å². The third-order valence-electron chi connectivity index (χ3n) is 5.98. The molecule has 5 rings (SSSR count). The van der Waals surface area contributed by atoms with Crippen molar-refractivity contribution in [1.29, 1.82) is 0 Å². The lowest BCUT2D eigenvalue weighted by Crippen LogP contribution is -2.24. The first-order valence-corrected chi connectivity index (χ1v) is 10.6. The number of nitrogens with zero attached hydrogens (tertiary/aromatic N) is 5. The summed E-state index contributed by atoms with van der Waals surface area (Å²) in [6, 6.07) is 8.21. The van der Waals surface area contributed by atoms with E-state index in [2.05, 4.69) is 25.5 Å². The molecule has 2 N–H and O–H groups in total. The predicted octanol–water partition coefficient (Wildman–Crippen LogP) is 2.99. The van der Waals surface area contributed by atoms with Crippen LogP contribution in [-0.4, -0.2) is 50.9 Å². The van der Waals surface area contributed by atoms with E-state index in [9.17, 15) is 4.79 Å². The minimum atomic E-state index is -0.728. The first-order valence-electron chi connectivity index (χ1n) is 10.2. The SMILES string of the molecule is O=C(O)CC1C2CN(c3nnc(-c4cnc(NCCc5ccc(Cl)cc5)nc4)o3)CC12. The van der Waals surface area contributed by atoms with Crippen molar-refractivity contribution in [3.05, 3.63) is 47.2 Å². The molecular formula is C21H21ClN6O3. The number of rotatable bonds is 8. The van der Waals surface area contributed by atoms with Gasteiger partial charge in [0.05, 0.1) is 5.56 Å². The lowest BCUT2D eigenvalue weighted by Gasteiger charge is -2.16. The number of hydrogen-bond acceptors (Lipinski definition) is 8. The van der Waals surface area contributed by atoms with Gasteiger partial charge in [-0.3, -0.25) is 4.79 Å². The number of hydrogen-bond donors (Lipinski definition) is 2. The third kappa shape index (κ3) is 4.32. The number of nitrogens with one attached hydrogen (secondary N) is 1. The molecule has 0 radical (unpaired) electrons. The van der Waals surface area contributed by atoms with E-state index in [0.29, 0.717) is 41.8 Å². The van der Waals surface area contributed by atoms with Crippen LogP contribution in [0.25, 0.3) is 11.5 Å². The maximum Gasteiger partial charge on any atom is 0.318 e. The van der Waals surface area contributed by atoms with Crippen molar-refractivity contribution in [2.45, 2.75) is 12.8 Å². The first-order chi connectivity index (χ1) is 15.1. The molecule has 2 aliphatic rings. The van der Waals surface area contributed by atoms with Crippen LogP contribution in [0.15, 0.2) is 41.1 Å². The normalized spacial score (nSPS) is 21.7. The Kier molecular flexibility index (Phi) is 5.19. The van der Waals surface area contributed by atoms with E-state index < -0.39 is 5.97 Å². The van der Waals surface area contributed by atoms with E-state index in [4.69, 9.17) is 21.1 Å². The number of piperidine rings is 1. The molecule has 1 saturated heterocycles. The van der Waals surface area contributed by atoms with Crippen molar-refractivity contribution in [3.8, 4) is 11.5 Å². The topological polar surface area (TPSA) is 117 Å². The van der Waals surface area contributed by atoms with Crippen LogP contribution in [0, 0.1) is 17.8 Å². The van der Waals surface area contributed by atoms with Gasteiger partial charge in [0, 0.05) is 43.5 Å². The fourth-order valence-electron chi connectivity index (χ4n) is 4.27. The lowest BCUT2D eigenvalue weighted by atomic mass is 10.1. The smallest absolute Gasteiger partial charge is 0.318 e. The van der Waals surface area contributed by atoms with Crippen LogP contribution in [0.3, 0.4) is 0 Å². The predicted molar refractivity (Wildman–Crippen MR) is 114 cm³/mol. The third-order valence-corrected chi connectivity index (χ3v) is 6.23. The molecule has 160 valence electrons. The number of aromatic nitrogens is 4. The summed E-state index contributed by atoms with van der Waals surface area (Å²) < 4.78 is 5.80. The van der Waals surface area contributed by atoms with Gasteiger partial charge in [0.15, 0.2) is 0 Å². The molecule has 1 aliphatic heterocycles. The van der Waals surface area contributed by atoms with E-state index in [1.807, 2.05) is 29.2 Å². The fourth-order valence-corrected chi connectivity index (χ4v) is 4.40. The maximum atomic E-state index is 10.9. The number of carboxylic acid groups (broad SMARTS) is 1. The summed E-state index contributed by atoms with van der Waals surface area (Å²) in [5.41, 5.74) is 1.83. The highest BCUT2D eigenvalue weighted by atomic mass is 35.5. The second-order valence-electron chi connectivity index (χ2n) is 7.98. The number of halogens is 1. The molecule has 1 aliphatic carbocycles. The van der Waals surface area contributed by atoms with Crippen LogP contribution < -0.4 is 10.2 Å². The van der Waals surface area contributed by atoms with Crippen LogP contribution in [0.5, 0.6) is 0 Å². The molecule has 0 amide bonds. The van der Waals surface area contributed by atoms with Gasteiger partial charge in [-0.25, -0.2) is 9.97 Å². The van der Waals surface area contributed by atoms with Crippen molar-refractivity contribution in [2.75, 3.05) is 29.9 Å². The molecular weight excluding hydrogens is 420 g/mol. The van der Waals surface area contributed by atoms with Gasteiger partial charge in [-0.1, -0.05) is 28.8 Å². The number of carboxylic acids is 1. The molecule has 10 heteroatoms. The van der Waals surface area contributed by atoms with E-state index in [1.165, 1.54) is 5.56 Å². The van der Waals surface area contributed by atoms with Gasteiger partial charge in [-0.15, -0.1) is 5.10 Å². The van der Waals surface area contributed by atoms with Crippen molar-refractivity contribution in [2.24, 2.45) is 17.8 Å². The minimum Gasteiger partial charge on any atom is -0.481 e. The lowest BCUT2D eigenvalue weighted by molar-refractivity contribution is -0.137. The van der Waals surface area contributed by atoms with Crippen molar-refractivity contribution in [3.63, 3.8) is 0 Å². The summed E-state index contributed by atoms with van der Waals surface area (Å²) in [6.07, 6.45) is 4.38. The summed E-state index contributed by atoms with van der Waals surface area (Å²) in [4.78, 5) is 21.5. The van der Waals surface area contributed by atoms with Crippen LogP contribution in [0.1, 0.15) is 12.0 Å². The first kappa shape index (κ1) is 19.7. The highest BCUT2D eigenvalue weighted by Gasteiger charge is 2.56. The molecule has 1 aromatic carbocycles. The Morgan fingerprint density at radius 3 is 2.55 bits per heavy atom. The number of anilines is 2. The summed E-state index contributed by atoms with van der Waals surface area (Å²) >= 11 is 5.90. The number of carbonyl (C=O) groups is 1.